The highest BCUT2D eigenvalue weighted by Crippen LogP contribution is 2.36. The molecular weight excluding hydrogens is 263 g/mol. The maximum Gasteiger partial charge on any atom is 0.147 e. The second-order valence-corrected chi connectivity index (χ2v) is 4.26. The minimum absolute atomic E-state index is 0.0740. The van der Waals surface area contributed by atoms with Gasteiger partial charge in [0.25, 0.3) is 0 Å². The van der Waals surface area contributed by atoms with Crippen molar-refractivity contribution in [3.05, 3.63) is 22.4 Å². The Morgan fingerprint density at radius 1 is 1.33 bits per heavy atom. The molecule has 15 heavy (non-hydrogen) atoms. The van der Waals surface area contributed by atoms with Crippen LogP contribution in [0, 0.1) is 5.82 Å². The highest BCUT2D eigenvalue weighted by atomic mass is 79.9. The van der Waals surface area contributed by atoms with Gasteiger partial charge in [-0.15, -0.1) is 0 Å². The molecule has 1 aromatic carbocycles. The van der Waals surface area contributed by atoms with Gasteiger partial charge in [-0.3, -0.25) is 0 Å². The third kappa shape index (κ3) is 2.08. The molecule has 3 nitrogen and oxygen atoms in total. The zero-order valence-corrected chi connectivity index (χ0v) is 9.72. The molecule has 0 unspecified atom stereocenters. The van der Waals surface area contributed by atoms with Gasteiger partial charge in [0.05, 0.1) is 10.2 Å². The summed E-state index contributed by atoms with van der Waals surface area (Å²) in [6.45, 7) is 3.17. The number of aromatic hydroxyl groups is 1. The van der Waals surface area contributed by atoms with Gasteiger partial charge in [-0.1, -0.05) is 0 Å². The van der Waals surface area contributed by atoms with Gasteiger partial charge >= 0.3 is 0 Å². The lowest BCUT2D eigenvalue weighted by molar-refractivity contribution is 0.468. The molecule has 2 rings (SSSR count). The second-order valence-electron chi connectivity index (χ2n) is 3.47. The molecule has 0 atom stereocenters. The first-order chi connectivity index (χ1) is 7.20. The van der Waals surface area contributed by atoms with E-state index in [-0.39, 0.29) is 11.6 Å². The van der Waals surface area contributed by atoms with E-state index in [0.717, 1.165) is 26.2 Å². The lowest BCUT2D eigenvalue weighted by Crippen LogP contribution is -2.44. The van der Waals surface area contributed by atoms with Crippen LogP contribution in [-0.4, -0.2) is 31.3 Å². The van der Waals surface area contributed by atoms with Gasteiger partial charge in [0.15, 0.2) is 0 Å². The van der Waals surface area contributed by atoms with Crippen LogP contribution in [0.2, 0.25) is 0 Å². The molecule has 2 N–H and O–H groups in total. The first-order valence-electron chi connectivity index (χ1n) is 4.83. The molecule has 0 amide bonds. The van der Waals surface area contributed by atoms with Crippen molar-refractivity contribution in [2.75, 3.05) is 31.1 Å². The number of phenolic OH excluding ortho intramolecular Hbond substituents is 1. The summed E-state index contributed by atoms with van der Waals surface area (Å²) in [4.78, 5) is 1.93. The molecule has 0 aliphatic carbocycles. The Labute approximate surface area is 96.0 Å². The van der Waals surface area contributed by atoms with Crippen molar-refractivity contribution in [2.24, 2.45) is 0 Å². The summed E-state index contributed by atoms with van der Waals surface area (Å²) >= 11 is 3.21. The average Bonchev–Trinajstić information content (AvgIpc) is 2.26. The molecule has 1 fully saturated rings. The van der Waals surface area contributed by atoms with Crippen LogP contribution in [0.25, 0.3) is 0 Å². The van der Waals surface area contributed by atoms with E-state index >= 15 is 0 Å². The molecular formula is C10H12BrFN2O. The molecule has 5 heteroatoms. The number of nitrogens with one attached hydrogen (secondary N) is 1. The van der Waals surface area contributed by atoms with Crippen molar-refractivity contribution in [1.82, 2.24) is 5.32 Å². The molecule has 0 radical (unpaired) electrons. The maximum atomic E-state index is 13.6. The van der Waals surface area contributed by atoms with Gasteiger partial charge in [0.2, 0.25) is 0 Å². The number of hydrogen-bond donors (Lipinski definition) is 2. The van der Waals surface area contributed by atoms with E-state index < -0.39 is 0 Å². The Kier molecular flexibility index (Phi) is 3.11. The normalized spacial score (nSPS) is 16.8. The number of hydrogen-bond acceptors (Lipinski definition) is 3. The zero-order valence-electron chi connectivity index (χ0n) is 8.13. The summed E-state index contributed by atoms with van der Waals surface area (Å²) in [7, 11) is 0. The summed E-state index contributed by atoms with van der Waals surface area (Å²) in [5.41, 5.74) is 0.455. The summed E-state index contributed by atoms with van der Waals surface area (Å²) in [5, 5.41) is 12.7. The number of benzene rings is 1. The van der Waals surface area contributed by atoms with Crippen LogP contribution in [0.3, 0.4) is 0 Å². The number of piperazine rings is 1. The summed E-state index contributed by atoms with van der Waals surface area (Å²) in [6, 6.07) is 2.64. The van der Waals surface area contributed by atoms with Gasteiger partial charge < -0.3 is 15.3 Å². The Bertz CT molecular complexity index is 367. The van der Waals surface area contributed by atoms with E-state index in [1.165, 1.54) is 12.1 Å². The molecule has 1 aliphatic heterocycles. The van der Waals surface area contributed by atoms with Crippen LogP contribution < -0.4 is 10.2 Å². The highest BCUT2D eigenvalue weighted by Gasteiger charge is 2.19. The van der Waals surface area contributed by atoms with E-state index in [0.29, 0.717) is 10.2 Å². The summed E-state index contributed by atoms with van der Waals surface area (Å²) in [5.74, 6) is -0.230. The topological polar surface area (TPSA) is 35.5 Å². The van der Waals surface area contributed by atoms with Crippen molar-refractivity contribution in [3.63, 3.8) is 0 Å². The van der Waals surface area contributed by atoms with Crippen molar-refractivity contribution < 1.29 is 9.50 Å². The third-order valence-electron chi connectivity index (χ3n) is 2.48. The van der Waals surface area contributed by atoms with Crippen LogP contribution in [0.4, 0.5) is 10.1 Å². The summed E-state index contributed by atoms with van der Waals surface area (Å²) in [6.07, 6.45) is 0. The van der Waals surface area contributed by atoms with E-state index in [1.807, 2.05) is 4.90 Å². The predicted molar refractivity (Wildman–Crippen MR) is 60.8 cm³/mol. The molecule has 1 aliphatic rings. The predicted octanol–water partition coefficient (Wildman–Crippen LogP) is 1.70. The van der Waals surface area contributed by atoms with Crippen molar-refractivity contribution in [2.45, 2.75) is 0 Å². The SMILES string of the molecule is Oc1ccc(F)c(N2CCNCC2)c1Br. The summed E-state index contributed by atoms with van der Waals surface area (Å²) < 4.78 is 14.0. The lowest BCUT2D eigenvalue weighted by Gasteiger charge is -2.30. The van der Waals surface area contributed by atoms with E-state index in [9.17, 15) is 9.50 Å². The van der Waals surface area contributed by atoms with Crippen molar-refractivity contribution >= 4 is 21.6 Å². The fourth-order valence-electron chi connectivity index (χ4n) is 1.71. The molecule has 0 bridgehead atoms. The van der Waals surface area contributed by atoms with Crippen LogP contribution in [0.5, 0.6) is 5.75 Å². The fraction of sp³-hybridized carbons (Fsp3) is 0.400. The third-order valence-corrected chi connectivity index (χ3v) is 3.26. The molecule has 0 spiro atoms. The molecule has 1 saturated heterocycles. The van der Waals surface area contributed by atoms with Gasteiger partial charge in [-0.2, -0.15) is 0 Å². The minimum atomic E-state index is -0.304. The molecule has 1 heterocycles. The Balaban J connectivity index is 2.36. The fourth-order valence-corrected chi connectivity index (χ4v) is 2.28. The molecule has 0 saturated carbocycles. The smallest absolute Gasteiger partial charge is 0.147 e. The minimum Gasteiger partial charge on any atom is -0.507 e. The van der Waals surface area contributed by atoms with Gasteiger partial charge in [-0.05, 0) is 28.1 Å². The first kappa shape index (κ1) is 10.7. The van der Waals surface area contributed by atoms with Crippen molar-refractivity contribution in [3.8, 4) is 5.75 Å². The van der Waals surface area contributed by atoms with E-state index in [2.05, 4.69) is 21.2 Å². The van der Waals surface area contributed by atoms with Crippen LogP contribution in [0.15, 0.2) is 16.6 Å². The molecule has 0 aromatic heterocycles. The average molecular weight is 275 g/mol. The standard InChI is InChI=1S/C10H12BrFN2O/c11-9-8(15)2-1-7(12)10(9)14-5-3-13-4-6-14/h1-2,13,15H,3-6H2. The van der Waals surface area contributed by atoms with Gasteiger partial charge in [-0.25, -0.2) is 4.39 Å². The van der Waals surface area contributed by atoms with Gasteiger partial charge in [0, 0.05) is 26.2 Å². The van der Waals surface area contributed by atoms with Crippen molar-refractivity contribution in [1.29, 1.82) is 0 Å². The number of phenols is 1. The number of nitrogens with zero attached hydrogens (tertiary/aromatic N) is 1. The zero-order chi connectivity index (χ0) is 10.8. The van der Waals surface area contributed by atoms with E-state index in [1.54, 1.807) is 0 Å². The van der Waals surface area contributed by atoms with Gasteiger partial charge in [0.1, 0.15) is 11.6 Å². The molecule has 1 aromatic rings. The number of rotatable bonds is 1. The Morgan fingerprint density at radius 3 is 2.67 bits per heavy atom. The highest BCUT2D eigenvalue weighted by molar-refractivity contribution is 9.10. The Morgan fingerprint density at radius 2 is 2.00 bits per heavy atom. The first-order valence-corrected chi connectivity index (χ1v) is 5.62. The lowest BCUT2D eigenvalue weighted by atomic mass is 10.2. The van der Waals surface area contributed by atoms with Crippen LogP contribution in [0.1, 0.15) is 0 Å². The molecule has 82 valence electrons. The quantitative estimate of drug-likeness (QED) is 0.819. The maximum absolute atomic E-state index is 13.6. The monoisotopic (exact) mass is 274 g/mol. The largest absolute Gasteiger partial charge is 0.507 e. The number of anilines is 1. The van der Waals surface area contributed by atoms with Crippen LogP contribution in [-0.2, 0) is 0 Å². The van der Waals surface area contributed by atoms with E-state index in [4.69, 9.17) is 0 Å². The Hall–Kier alpha value is -0.810. The number of halogens is 2. The van der Waals surface area contributed by atoms with Crippen LogP contribution >= 0.6 is 15.9 Å². The second kappa shape index (κ2) is 4.37.